The predicted octanol–water partition coefficient (Wildman–Crippen LogP) is 4.77. The fourth-order valence-electron chi connectivity index (χ4n) is 4.13. The number of halogens is 1. The molecule has 1 aliphatic rings. The molecule has 7 heteroatoms. The van der Waals surface area contributed by atoms with Crippen molar-refractivity contribution in [2.75, 3.05) is 44.7 Å². The van der Waals surface area contributed by atoms with E-state index in [-0.39, 0.29) is 0 Å². The smallest absolute Gasteiger partial charge is 0.166 e. The van der Waals surface area contributed by atoms with E-state index in [0.717, 1.165) is 78.9 Å². The summed E-state index contributed by atoms with van der Waals surface area (Å²) in [5.41, 5.74) is 5.84. The van der Waals surface area contributed by atoms with Gasteiger partial charge in [-0.15, -0.1) is 0 Å². The van der Waals surface area contributed by atoms with E-state index in [0.29, 0.717) is 5.02 Å². The van der Waals surface area contributed by atoms with Crippen LogP contribution in [0.25, 0.3) is 28.0 Å². The first-order valence-corrected chi connectivity index (χ1v) is 11.3. The van der Waals surface area contributed by atoms with Crippen LogP contribution in [0.5, 0.6) is 0 Å². The molecule has 0 aliphatic carbocycles. The fraction of sp³-hybridized carbons (Fsp3) is 0.280. The number of hydrogen-bond acceptors (Lipinski definition) is 5. The molecule has 32 heavy (non-hydrogen) atoms. The Balaban J connectivity index is 1.55. The van der Waals surface area contributed by atoms with Gasteiger partial charge in [-0.25, -0.2) is 4.98 Å². The Kier molecular flexibility index (Phi) is 6.08. The number of ether oxygens (including phenoxy) is 1. The Bertz CT molecular complexity index is 1200. The molecule has 2 aromatic carbocycles. The quantitative estimate of drug-likeness (QED) is 0.461. The minimum Gasteiger partial charge on any atom is -0.379 e. The second kappa shape index (κ2) is 9.28. The summed E-state index contributed by atoms with van der Waals surface area (Å²) in [5, 5.41) is 9.15. The Hall–Kier alpha value is -2.93. The maximum absolute atomic E-state index is 6.12. The second-order valence-electron chi connectivity index (χ2n) is 7.98. The van der Waals surface area contributed by atoms with Gasteiger partial charge in [0, 0.05) is 48.4 Å². The van der Waals surface area contributed by atoms with E-state index >= 15 is 0 Å². The van der Waals surface area contributed by atoms with Gasteiger partial charge in [-0.3, -0.25) is 4.90 Å². The van der Waals surface area contributed by atoms with Crippen LogP contribution >= 0.6 is 11.6 Å². The highest BCUT2D eigenvalue weighted by molar-refractivity contribution is 6.30. The Labute approximate surface area is 192 Å². The summed E-state index contributed by atoms with van der Waals surface area (Å²) in [4.78, 5) is 7.44. The van der Waals surface area contributed by atoms with Crippen LogP contribution in [-0.4, -0.2) is 58.9 Å². The van der Waals surface area contributed by atoms with Crippen molar-refractivity contribution in [3.63, 3.8) is 0 Å². The van der Waals surface area contributed by atoms with Gasteiger partial charge in [0.25, 0.3) is 0 Å². The van der Waals surface area contributed by atoms with E-state index in [4.69, 9.17) is 26.4 Å². The number of nitrogens with one attached hydrogen (secondary N) is 1. The minimum absolute atomic E-state index is 0.714. The summed E-state index contributed by atoms with van der Waals surface area (Å²) in [7, 11) is 0. The van der Waals surface area contributed by atoms with Crippen LogP contribution in [0, 0.1) is 6.92 Å². The molecule has 2 aromatic heterocycles. The zero-order valence-electron chi connectivity index (χ0n) is 18.1. The highest BCUT2D eigenvalue weighted by atomic mass is 35.5. The van der Waals surface area contributed by atoms with Crippen molar-refractivity contribution >= 4 is 23.1 Å². The van der Waals surface area contributed by atoms with Crippen molar-refractivity contribution in [2.24, 2.45) is 0 Å². The maximum atomic E-state index is 6.12. The number of nitrogens with zero attached hydrogens (tertiary/aromatic N) is 4. The molecule has 0 spiro atoms. The first kappa shape index (κ1) is 20.9. The third-order valence-electron chi connectivity index (χ3n) is 5.80. The molecule has 164 valence electrons. The number of hydrogen-bond donors (Lipinski definition) is 1. The molecular weight excluding hydrogens is 422 g/mol. The molecule has 0 amide bonds. The van der Waals surface area contributed by atoms with Crippen molar-refractivity contribution in [1.29, 1.82) is 0 Å². The molecule has 1 aliphatic heterocycles. The zero-order valence-corrected chi connectivity index (χ0v) is 18.8. The number of fused-ring (bicyclic) bond motifs is 1. The molecule has 1 N–H and O–H groups in total. The van der Waals surface area contributed by atoms with Gasteiger partial charge in [-0.05, 0) is 24.6 Å². The van der Waals surface area contributed by atoms with Gasteiger partial charge < -0.3 is 10.1 Å². The van der Waals surface area contributed by atoms with Gasteiger partial charge in [0.05, 0.1) is 24.6 Å². The number of rotatable bonds is 6. The molecule has 6 nitrogen and oxygen atoms in total. The van der Waals surface area contributed by atoms with E-state index < -0.39 is 0 Å². The number of aromatic nitrogens is 3. The molecule has 1 saturated heterocycles. The summed E-state index contributed by atoms with van der Waals surface area (Å²) in [6, 6.07) is 20.2. The largest absolute Gasteiger partial charge is 0.379 e. The minimum atomic E-state index is 0.714. The summed E-state index contributed by atoms with van der Waals surface area (Å²) < 4.78 is 7.38. The summed E-state index contributed by atoms with van der Waals surface area (Å²) in [6.45, 7) is 7.37. The van der Waals surface area contributed by atoms with Crippen LogP contribution in [0.2, 0.25) is 5.02 Å². The predicted molar refractivity (Wildman–Crippen MR) is 129 cm³/mol. The third-order valence-corrected chi connectivity index (χ3v) is 6.06. The average molecular weight is 448 g/mol. The lowest BCUT2D eigenvalue weighted by Gasteiger charge is -2.26. The molecule has 0 saturated carbocycles. The van der Waals surface area contributed by atoms with E-state index in [1.807, 2.05) is 53.9 Å². The molecule has 1 fully saturated rings. The van der Waals surface area contributed by atoms with Crippen LogP contribution in [0.1, 0.15) is 5.69 Å². The molecule has 0 unspecified atom stereocenters. The summed E-state index contributed by atoms with van der Waals surface area (Å²) in [5.74, 6) is 0.936. The van der Waals surface area contributed by atoms with Crippen molar-refractivity contribution in [3.05, 3.63) is 71.4 Å². The highest BCUT2D eigenvalue weighted by Gasteiger charge is 2.18. The maximum Gasteiger partial charge on any atom is 0.166 e. The lowest BCUT2D eigenvalue weighted by Crippen LogP contribution is -2.39. The summed E-state index contributed by atoms with van der Waals surface area (Å²) >= 11 is 6.12. The van der Waals surface area contributed by atoms with E-state index in [1.165, 1.54) is 0 Å². The van der Waals surface area contributed by atoms with Crippen molar-refractivity contribution in [1.82, 2.24) is 19.5 Å². The number of anilines is 1. The van der Waals surface area contributed by atoms with Crippen LogP contribution in [-0.2, 0) is 4.74 Å². The van der Waals surface area contributed by atoms with E-state index in [1.54, 1.807) is 0 Å². The first-order chi connectivity index (χ1) is 15.7. The van der Waals surface area contributed by atoms with Crippen molar-refractivity contribution in [2.45, 2.75) is 6.92 Å². The molecule has 3 heterocycles. The SMILES string of the molecule is Cc1nn2c(NCCN3CCOCC3)cc(-c3ccccc3)nc2c1-c1ccc(Cl)cc1. The Morgan fingerprint density at radius 1 is 1.00 bits per heavy atom. The molecule has 4 aromatic rings. The van der Waals surface area contributed by atoms with E-state index in [2.05, 4.69) is 28.4 Å². The van der Waals surface area contributed by atoms with Crippen LogP contribution in [0.4, 0.5) is 5.82 Å². The number of aryl methyl sites for hydroxylation is 1. The standard InChI is InChI=1S/C25H26ClN5O/c1-18-24(20-7-9-21(26)10-8-20)25-28-22(19-5-3-2-4-6-19)17-23(31(25)29-18)27-11-12-30-13-15-32-16-14-30/h2-10,17,27H,11-16H2,1H3. The van der Waals surface area contributed by atoms with Crippen molar-refractivity contribution in [3.8, 4) is 22.4 Å². The van der Waals surface area contributed by atoms with Crippen LogP contribution in [0.3, 0.4) is 0 Å². The molecule has 0 atom stereocenters. The van der Waals surface area contributed by atoms with Crippen LogP contribution < -0.4 is 5.32 Å². The van der Waals surface area contributed by atoms with Gasteiger partial charge in [-0.1, -0.05) is 54.1 Å². The second-order valence-corrected chi connectivity index (χ2v) is 8.41. The summed E-state index contributed by atoms with van der Waals surface area (Å²) in [6.07, 6.45) is 0. The van der Waals surface area contributed by atoms with Gasteiger partial charge >= 0.3 is 0 Å². The number of benzene rings is 2. The highest BCUT2D eigenvalue weighted by Crippen LogP contribution is 2.32. The third kappa shape index (κ3) is 4.35. The Morgan fingerprint density at radius 2 is 1.75 bits per heavy atom. The zero-order chi connectivity index (χ0) is 21.9. The van der Waals surface area contributed by atoms with Gasteiger partial charge in [0.1, 0.15) is 5.82 Å². The van der Waals surface area contributed by atoms with Crippen molar-refractivity contribution < 1.29 is 4.74 Å². The first-order valence-electron chi connectivity index (χ1n) is 10.9. The van der Waals surface area contributed by atoms with Gasteiger partial charge in [0.2, 0.25) is 0 Å². The molecule has 5 rings (SSSR count). The monoisotopic (exact) mass is 447 g/mol. The Morgan fingerprint density at radius 3 is 2.50 bits per heavy atom. The van der Waals surface area contributed by atoms with Gasteiger partial charge in [-0.2, -0.15) is 9.61 Å². The average Bonchev–Trinajstić information content (AvgIpc) is 3.17. The van der Waals surface area contributed by atoms with Crippen LogP contribution in [0.15, 0.2) is 60.7 Å². The lowest BCUT2D eigenvalue weighted by molar-refractivity contribution is 0.0398. The normalized spacial score (nSPS) is 14.7. The molecule has 0 radical (unpaired) electrons. The lowest BCUT2D eigenvalue weighted by atomic mass is 10.1. The van der Waals surface area contributed by atoms with Gasteiger partial charge in [0.15, 0.2) is 5.65 Å². The molecule has 0 bridgehead atoms. The number of morpholine rings is 1. The van der Waals surface area contributed by atoms with E-state index in [9.17, 15) is 0 Å². The fourth-order valence-corrected chi connectivity index (χ4v) is 4.25. The molecular formula is C25H26ClN5O. The topological polar surface area (TPSA) is 54.7 Å².